The summed E-state index contributed by atoms with van der Waals surface area (Å²) < 4.78 is 5.28. The van der Waals surface area contributed by atoms with Gasteiger partial charge in [-0.05, 0) is 6.42 Å². The fourth-order valence-corrected chi connectivity index (χ4v) is 1.76. The molecule has 0 fully saturated rings. The first-order valence-corrected chi connectivity index (χ1v) is 5.32. The highest BCUT2D eigenvalue weighted by molar-refractivity contribution is 5.97. The maximum Gasteiger partial charge on any atom is 0.168 e. The molecule has 0 aromatic heterocycles. The van der Waals surface area contributed by atoms with Gasteiger partial charge in [0.25, 0.3) is 0 Å². The molecule has 0 heterocycles. The molecule has 2 atom stereocenters. The van der Waals surface area contributed by atoms with Crippen LogP contribution in [0.2, 0.25) is 0 Å². The van der Waals surface area contributed by atoms with Gasteiger partial charge < -0.3 is 4.74 Å². The lowest BCUT2D eigenvalue weighted by Crippen LogP contribution is -2.27. The van der Waals surface area contributed by atoms with Crippen LogP contribution in [-0.2, 0) is 4.74 Å². The monoisotopic (exact) mass is 206 g/mol. The van der Waals surface area contributed by atoms with Crippen molar-refractivity contribution in [3.63, 3.8) is 0 Å². The summed E-state index contributed by atoms with van der Waals surface area (Å²) in [6.07, 6.45) is 0.869. The van der Waals surface area contributed by atoms with Crippen molar-refractivity contribution < 1.29 is 9.53 Å². The summed E-state index contributed by atoms with van der Waals surface area (Å²) in [6.45, 7) is 3.95. The van der Waals surface area contributed by atoms with E-state index in [2.05, 4.69) is 0 Å². The Kier molecular flexibility index (Phi) is 4.50. The topological polar surface area (TPSA) is 26.3 Å². The Bertz CT molecular complexity index is 302. The second-order valence-corrected chi connectivity index (χ2v) is 3.70. The Morgan fingerprint density at radius 3 is 2.40 bits per heavy atom. The minimum Gasteiger partial charge on any atom is -0.381 e. The van der Waals surface area contributed by atoms with E-state index in [0.717, 1.165) is 12.0 Å². The standard InChI is InChI=1S/C13H18O2/c1-4-12(15-3)10(2)13(14)11-8-6-5-7-9-11/h5-10,12H,4H2,1-3H3/t10-,12+/m1/s1. The Balaban J connectivity index is 2.77. The van der Waals surface area contributed by atoms with Crippen molar-refractivity contribution in [3.8, 4) is 0 Å². The predicted octanol–water partition coefficient (Wildman–Crippen LogP) is 2.93. The Hall–Kier alpha value is -1.15. The number of carbonyl (C=O) groups is 1. The predicted molar refractivity (Wildman–Crippen MR) is 61.0 cm³/mol. The van der Waals surface area contributed by atoms with E-state index in [1.54, 1.807) is 7.11 Å². The summed E-state index contributed by atoms with van der Waals surface area (Å²) in [7, 11) is 1.66. The Morgan fingerprint density at radius 1 is 1.33 bits per heavy atom. The lowest BCUT2D eigenvalue weighted by Gasteiger charge is -2.19. The largest absolute Gasteiger partial charge is 0.381 e. The van der Waals surface area contributed by atoms with Crippen molar-refractivity contribution in [1.82, 2.24) is 0 Å². The number of benzene rings is 1. The summed E-state index contributed by atoms with van der Waals surface area (Å²) >= 11 is 0. The molecule has 1 aromatic carbocycles. The third-order valence-corrected chi connectivity index (χ3v) is 2.73. The lowest BCUT2D eigenvalue weighted by atomic mass is 9.93. The minimum atomic E-state index is -0.0811. The Morgan fingerprint density at radius 2 is 1.93 bits per heavy atom. The van der Waals surface area contributed by atoms with Gasteiger partial charge in [-0.1, -0.05) is 44.2 Å². The van der Waals surface area contributed by atoms with Crippen molar-refractivity contribution in [2.75, 3.05) is 7.11 Å². The molecular weight excluding hydrogens is 188 g/mol. The summed E-state index contributed by atoms with van der Waals surface area (Å²) in [5.41, 5.74) is 0.764. The van der Waals surface area contributed by atoms with Gasteiger partial charge in [-0.2, -0.15) is 0 Å². The lowest BCUT2D eigenvalue weighted by molar-refractivity contribution is 0.0467. The molecule has 15 heavy (non-hydrogen) atoms. The van der Waals surface area contributed by atoms with Crippen molar-refractivity contribution in [1.29, 1.82) is 0 Å². The molecule has 0 bridgehead atoms. The number of rotatable bonds is 5. The van der Waals surface area contributed by atoms with Gasteiger partial charge in [0.15, 0.2) is 5.78 Å². The van der Waals surface area contributed by atoms with Gasteiger partial charge in [0.05, 0.1) is 6.10 Å². The summed E-state index contributed by atoms with van der Waals surface area (Å²) in [5, 5.41) is 0. The third kappa shape index (κ3) is 2.90. The van der Waals surface area contributed by atoms with Gasteiger partial charge in [-0.3, -0.25) is 4.79 Å². The van der Waals surface area contributed by atoms with Gasteiger partial charge in [-0.15, -0.1) is 0 Å². The van der Waals surface area contributed by atoms with Crippen LogP contribution in [0.4, 0.5) is 0 Å². The van der Waals surface area contributed by atoms with E-state index in [1.807, 2.05) is 44.2 Å². The van der Waals surface area contributed by atoms with Gasteiger partial charge in [0.2, 0.25) is 0 Å². The molecular formula is C13H18O2. The molecule has 0 aliphatic carbocycles. The highest BCUT2D eigenvalue weighted by atomic mass is 16.5. The average molecular weight is 206 g/mol. The van der Waals surface area contributed by atoms with E-state index in [0.29, 0.717) is 0 Å². The summed E-state index contributed by atoms with van der Waals surface area (Å²) in [6, 6.07) is 9.37. The molecule has 1 aromatic rings. The zero-order valence-electron chi connectivity index (χ0n) is 9.57. The van der Waals surface area contributed by atoms with Crippen LogP contribution in [0.5, 0.6) is 0 Å². The molecule has 0 aliphatic rings. The van der Waals surface area contributed by atoms with Crippen LogP contribution in [0.25, 0.3) is 0 Å². The van der Waals surface area contributed by atoms with E-state index < -0.39 is 0 Å². The average Bonchev–Trinajstić information content (AvgIpc) is 2.30. The molecule has 0 aliphatic heterocycles. The first kappa shape index (κ1) is 11.9. The molecule has 82 valence electrons. The van der Waals surface area contributed by atoms with E-state index in [1.165, 1.54) is 0 Å². The van der Waals surface area contributed by atoms with Crippen LogP contribution in [0.3, 0.4) is 0 Å². The van der Waals surface area contributed by atoms with Gasteiger partial charge >= 0.3 is 0 Å². The number of carbonyl (C=O) groups excluding carboxylic acids is 1. The number of methoxy groups -OCH3 is 1. The fourth-order valence-electron chi connectivity index (χ4n) is 1.76. The zero-order valence-corrected chi connectivity index (χ0v) is 9.57. The normalized spacial score (nSPS) is 14.6. The van der Waals surface area contributed by atoms with Crippen LogP contribution in [-0.4, -0.2) is 19.0 Å². The molecule has 0 saturated carbocycles. The third-order valence-electron chi connectivity index (χ3n) is 2.73. The highest BCUT2D eigenvalue weighted by Gasteiger charge is 2.22. The smallest absolute Gasteiger partial charge is 0.168 e. The minimum absolute atomic E-state index is 0.0118. The molecule has 0 radical (unpaired) electrons. The van der Waals surface area contributed by atoms with Crippen molar-refractivity contribution in [3.05, 3.63) is 35.9 Å². The van der Waals surface area contributed by atoms with Crippen molar-refractivity contribution in [2.45, 2.75) is 26.4 Å². The molecule has 0 N–H and O–H groups in total. The highest BCUT2D eigenvalue weighted by Crippen LogP contribution is 2.16. The number of ketones is 1. The first-order valence-electron chi connectivity index (χ1n) is 5.32. The fraction of sp³-hybridized carbons (Fsp3) is 0.462. The molecule has 1 rings (SSSR count). The van der Waals surface area contributed by atoms with Crippen LogP contribution in [0.15, 0.2) is 30.3 Å². The summed E-state index contributed by atoms with van der Waals surface area (Å²) in [4.78, 5) is 12.0. The quantitative estimate of drug-likeness (QED) is 0.692. The van der Waals surface area contributed by atoms with Gasteiger partial charge in [0.1, 0.15) is 0 Å². The summed E-state index contributed by atoms with van der Waals surface area (Å²) in [5.74, 6) is 0.0756. The number of hydrogen-bond donors (Lipinski definition) is 0. The second-order valence-electron chi connectivity index (χ2n) is 3.70. The van der Waals surface area contributed by atoms with Crippen LogP contribution >= 0.6 is 0 Å². The van der Waals surface area contributed by atoms with Gasteiger partial charge in [0, 0.05) is 18.6 Å². The molecule has 0 saturated heterocycles. The van der Waals surface area contributed by atoms with Crippen LogP contribution < -0.4 is 0 Å². The molecule has 0 spiro atoms. The number of ether oxygens (including phenoxy) is 1. The maximum atomic E-state index is 12.0. The molecule has 2 heteroatoms. The van der Waals surface area contributed by atoms with E-state index in [9.17, 15) is 4.79 Å². The van der Waals surface area contributed by atoms with Crippen molar-refractivity contribution in [2.24, 2.45) is 5.92 Å². The van der Waals surface area contributed by atoms with Crippen molar-refractivity contribution >= 4 is 5.78 Å². The molecule has 2 nitrogen and oxygen atoms in total. The first-order chi connectivity index (χ1) is 7.20. The maximum absolute atomic E-state index is 12.0. The van der Waals surface area contributed by atoms with Crippen LogP contribution in [0, 0.1) is 5.92 Å². The molecule has 0 unspecified atom stereocenters. The second kappa shape index (κ2) is 5.66. The van der Waals surface area contributed by atoms with E-state index >= 15 is 0 Å². The zero-order chi connectivity index (χ0) is 11.3. The number of Topliss-reactive ketones (excluding diaryl/α,β-unsaturated/α-hetero) is 1. The molecule has 0 amide bonds. The van der Waals surface area contributed by atoms with E-state index in [4.69, 9.17) is 4.74 Å². The SMILES string of the molecule is CC[C@H](OC)[C@@H](C)C(=O)c1ccccc1. The number of hydrogen-bond acceptors (Lipinski definition) is 2. The van der Waals surface area contributed by atoms with Gasteiger partial charge in [-0.25, -0.2) is 0 Å². The Labute approximate surface area is 91.3 Å². The van der Waals surface area contributed by atoms with E-state index in [-0.39, 0.29) is 17.8 Å². The van der Waals surface area contributed by atoms with Crippen LogP contribution in [0.1, 0.15) is 30.6 Å².